The van der Waals surface area contributed by atoms with E-state index in [1.54, 1.807) is 0 Å². The number of methoxy groups -OCH3 is 1. The lowest BCUT2D eigenvalue weighted by Gasteiger charge is -2.14. The molecule has 1 N–H and O–H groups in total. The highest BCUT2D eigenvalue weighted by atomic mass is 19.1. The van der Waals surface area contributed by atoms with Gasteiger partial charge in [-0.2, -0.15) is 5.48 Å². The molecule has 8 heteroatoms. The second kappa shape index (κ2) is 7.39. The van der Waals surface area contributed by atoms with Crippen LogP contribution in [0.4, 0.5) is 4.39 Å². The molecule has 0 saturated heterocycles. The molecule has 0 aliphatic heterocycles. The van der Waals surface area contributed by atoms with E-state index in [0.717, 1.165) is 0 Å². The van der Waals surface area contributed by atoms with Gasteiger partial charge in [0.1, 0.15) is 11.9 Å². The van der Waals surface area contributed by atoms with E-state index >= 15 is 0 Å². The predicted octanol–water partition coefficient (Wildman–Crippen LogP) is 0.838. The largest absolute Gasteiger partial charge is 0.467 e. The van der Waals surface area contributed by atoms with Crippen molar-refractivity contribution < 1.29 is 23.7 Å². The molecule has 0 amide bonds. The van der Waals surface area contributed by atoms with Crippen molar-refractivity contribution in [1.82, 2.24) is 5.48 Å². The van der Waals surface area contributed by atoms with Gasteiger partial charge in [0.15, 0.2) is 6.61 Å². The van der Waals surface area contributed by atoms with Gasteiger partial charge in [-0.15, -0.1) is 0 Å². The minimum atomic E-state index is -0.791. The van der Waals surface area contributed by atoms with E-state index in [4.69, 9.17) is 4.84 Å². The van der Waals surface area contributed by atoms with Gasteiger partial charge in [0.25, 0.3) is 0 Å². The minimum Gasteiger partial charge on any atom is -0.467 e. The number of hydroxylamine groups is 1. The molecule has 0 heterocycles. The number of carbonyl (C=O) groups is 1. The summed E-state index contributed by atoms with van der Waals surface area (Å²) in [4.78, 5) is 25.6. The van der Waals surface area contributed by atoms with Crippen LogP contribution in [0.15, 0.2) is 24.3 Å². The fourth-order valence-electron chi connectivity index (χ4n) is 1.31. The van der Waals surface area contributed by atoms with Gasteiger partial charge in [-0.25, -0.2) is 9.18 Å². The van der Waals surface area contributed by atoms with Crippen molar-refractivity contribution in [2.45, 2.75) is 6.04 Å². The molecule has 0 spiro atoms. The van der Waals surface area contributed by atoms with Crippen LogP contribution in [0.3, 0.4) is 0 Å². The van der Waals surface area contributed by atoms with E-state index in [-0.39, 0.29) is 6.61 Å². The summed E-state index contributed by atoms with van der Waals surface area (Å²) >= 11 is 0. The first-order chi connectivity index (χ1) is 9.02. The molecule has 104 valence electrons. The van der Waals surface area contributed by atoms with Gasteiger partial charge in [0.05, 0.1) is 7.11 Å². The summed E-state index contributed by atoms with van der Waals surface area (Å²) in [7, 11) is 1.19. The maximum atomic E-state index is 12.8. The van der Waals surface area contributed by atoms with Crippen LogP contribution in [0, 0.1) is 15.9 Å². The molecule has 0 saturated carbocycles. The number of ether oxygens (including phenoxy) is 1. The van der Waals surface area contributed by atoms with Gasteiger partial charge < -0.3 is 4.74 Å². The number of rotatable bonds is 7. The van der Waals surface area contributed by atoms with E-state index in [0.29, 0.717) is 5.56 Å². The lowest BCUT2D eigenvalue weighted by Crippen LogP contribution is -2.30. The van der Waals surface area contributed by atoms with Crippen LogP contribution in [0.2, 0.25) is 0 Å². The van der Waals surface area contributed by atoms with E-state index in [2.05, 4.69) is 10.2 Å². The number of carbonyl (C=O) groups excluding carboxylic acids is 1. The van der Waals surface area contributed by atoms with Crippen LogP contribution >= 0.6 is 0 Å². The Morgan fingerprint density at radius 1 is 1.47 bits per heavy atom. The van der Waals surface area contributed by atoms with Crippen LogP contribution in [0.1, 0.15) is 11.6 Å². The molecule has 1 rings (SSSR count). The molecule has 1 unspecified atom stereocenters. The Balaban J connectivity index is 2.63. The Morgan fingerprint density at radius 3 is 2.63 bits per heavy atom. The Bertz CT molecular complexity index is 437. The highest BCUT2D eigenvalue weighted by Crippen LogP contribution is 2.14. The summed E-state index contributed by atoms with van der Waals surface area (Å²) in [5.41, 5.74) is 2.86. The lowest BCUT2D eigenvalue weighted by molar-refractivity contribution is -0.486. The van der Waals surface area contributed by atoms with Crippen molar-refractivity contribution in [2.75, 3.05) is 20.3 Å². The molecule has 0 radical (unpaired) electrons. The third-order valence-electron chi connectivity index (χ3n) is 2.25. The summed E-state index contributed by atoms with van der Waals surface area (Å²) in [5.74, 6) is -1.06. The first kappa shape index (κ1) is 15.0. The molecule has 19 heavy (non-hydrogen) atoms. The SMILES string of the molecule is COC(=O)CONC(C[N+](=O)[O-])c1ccc(F)cc1. The Kier molecular flexibility index (Phi) is 5.83. The fourth-order valence-corrected chi connectivity index (χ4v) is 1.31. The van der Waals surface area contributed by atoms with Crippen molar-refractivity contribution in [1.29, 1.82) is 0 Å². The number of hydrogen-bond acceptors (Lipinski definition) is 6. The predicted molar refractivity (Wildman–Crippen MR) is 62.1 cm³/mol. The fraction of sp³-hybridized carbons (Fsp3) is 0.364. The zero-order valence-electron chi connectivity index (χ0n) is 10.2. The molecular weight excluding hydrogens is 259 g/mol. The average molecular weight is 272 g/mol. The molecule has 1 aromatic rings. The first-order valence-corrected chi connectivity index (χ1v) is 5.34. The van der Waals surface area contributed by atoms with Gasteiger partial charge in [0.2, 0.25) is 6.54 Å². The molecular formula is C11H13FN2O5. The molecule has 0 aromatic heterocycles. The summed E-state index contributed by atoms with van der Waals surface area (Å²) in [6, 6.07) is 4.38. The molecule has 1 aromatic carbocycles. The van der Waals surface area contributed by atoms with Gasteiger partial charge in [-0.05, 0) is 17.7 Å². The molecule has 1 atom stereocenters. The number of benzene rings is 1. The molecule has 7 nitrogen and oxygen atoms in total. The zero-order valence-corrected chi connectivity index (χ0v) is 10.2. The van der Waals surface area contributed by atoms with Crippen LogP contribution < -0.4 is 5.48 Å². The van der Waals surface area contributed by atoms with Crippen LogP contribution in [-0.2, 0) is 14.4 Å². The van der Waals surface area contributed by atoms with Gasteiger partial charge in [-0.1, -0.05) is 12.1 Å². The molecule has 0 bridgehead atoms. The second-order valence-corrected chi connectivity index (χ2v) is 3.60. The zero-order chi connectivity index (χ0) is 14.3. The summed E-state index contributed by atoms with van der Waals surface area (Å²) in [6.45, 7) is -0.848. The van der Waals surface area contributed by atoms with Crippen molar-refractivity contribution in [2.24, 2.45) is 0 Å². The van der Waals surface area contributed by atoms with Crippen molar-refractivity contribution >= 4 is 5.97 Å². The third kappa shape index (κ3) is 5.40. The second-order valence-electron chi connectivity index (χ2n) is 3.60. The quantitative estimate of drug-likeness (QED) is 0.449. The first-order valence-electron chi connectivity index (χ1n) is 5.34. The maximum absolute atomic E-state index is 12.8. The molecule has 0 fully saturated rings. The minimum absolute atomic E-state index is 0.383. The number of hydrogen-bond donors (Lipinski definition) is 1. The lowest BCUT2D eigenvalue weighted by atomic mass is 10.1. The van der Waals surface area contributed by atoms with Crippen molar-refractivity contribution in [3.05, 3.63) is 45.8 Å². The average Bonchev–Trinajstić information content (AvgIpc) is 2.37. The highest BCUT2D eigenvalue weighted by Gasteiger charge is 2.18. The van der Waals surface area contributed by atoms with E-state index in [1.165, 1.54) is 31.4 Å². The number of esters is 1. The van der Waals surface area contributed by atoms with E-state index in [9.17, 15) is 19.3 Å². The van der Waals surface area contributed by atoms with Crippen LogP contribution in [-0.4, -0.2) is 31.2 Å². The van der Waals surface area contributed by atoms with E-state index in [1.807, 2.05) is 0 Å². The highest BCUT2D eigenvalue weighted by molar-refractivity contribution is 5.70. The number of nitrogens with zero attached hydrogens (tertiary/aromatic N) is 1. The van der Waals surface area contributed by atoms with Gasteiger partial charge in [0, 0.05) is 4.92 Å². The topological polar surface area (TPSA) is 90.7 Å². The molecule has 0 aliphatic carbocycles. The van der Waals surface area contributed by atoms with E-state index < -0.39 is 29.3 Å². The third-order valence-corrected chi connectivity index (χ3v) is 2.25. The molecule has 0 aliphatic rings. The van der Waals surface area contributed by atoms with Gasteiger partial charge in [-0.3, -0.25) is 15.0 Å². The summed E-state index contributed by atoms with van der Waals surface area (Å²) in [5, 5.41) is 10.5. The maximum Gasteiger partial charge on any atom is 0.333 e. The van der Waals surface area contributed by atoms with Crippen LogP contribution in [0.5, 0.6) is 0 Å². The van der Waals surface area contributed by atoms with Gasteiger partial charge >= 0.3 is 5.97 Å². The Morgan fingerprint density at radius 2 is 2.11 bits per heavy atom. The number of nitrogens with one attached hydrogen (secondary N) is 1. The smallest absolute Gasteiger partial charge is 0.333 e. The van der Waals surface area contributed by atoms with Crippen molar-refractivity contribution in [3.8, 4) is 0 Å². The standard InChI is InChI=1S/C11H13FN2O5/c1-18-11(15)7-19-13-10(6-14(16)17)8-2-4-9(12)5-3-8/h2-5,10,13H,6-7H2,1H3. The number of nitro groups is 1. The summed E-state index contributed by atoms with van der Waals surface area (Å²) < 4.78 is 17.1. The normalized spacial score (nSPS) is 11.9. The Hall–Kier alpha value is -2.06. The monoisotopic (exact) mass is 272 g/mol. The van der Waals surface area contributed by atoms with Crippen LogP contribution in [0.25, 0.3) is 0 Å². The van der Waals surface area contributed by atoms with Crippen molar-refractivity contribution in [3.63, 3.8) is 0 Å². The summed E-state index contributed by atoms with van der Waals surface area (Å²) in [6.07, 6.45) is 0. The number of halogens is 1. The Labute approximate surface area is 108 Å².